The third-order valence-electron chi connectivity index (χ3n) is 3.48. The van der Waals surface area contributed by atoms with E-state index in [1.807, 2.05) is 6.07 Å². The number of hydrogen-bond acceptors (Lipinski definition) is 4. The van der Waals surface area contributed by atoms with Gasteiger partial charge < -0.3 is 16.0 Å². The van der Waals surface area contributed by atoms with Crippen molar-refractivity contribution in [3.63, 3.8) is 0 Å². The van der Waals surface area contributed by atoms with Crippen molar-refractivity contribution in [3.05, 3.63) is 46.6 Å². The van der Waals surface area contributed by atoms with Gasteiger partial charge in [0.2, 0.25) is 0 Å². The van der Waals surface area contributed by atoms with Crippen molar-refractivity contribution in [2.75, 3.05) is 5.32 Å². The second-order valence-electron chi connectivity index (χ2n) is 4.83. The molecule has 1 aromatic carbocycles. The number of nitrogens with two attached hydrogens (primary N) is 1. The van der Waals surface area contributed by atoms with Crippen LogP contribution in [0, 0.1) is 11.3 Å². The Balaban J connectivity index is 1.83. The number of aromatic amines is 1. The second-order valence-corrected chi connectivity index (χ2v) is 4.83. The van der Waals surface area contributed by atoms with Crippen LogP contribution in [0.4, 0.5) is 10.6 Å². The fraction of sp³-hybridized carbons (Fsp3) is 0.143. The van der Waals surface area contributed by atoms with Gasteiger partial charge in [0.05, 0.1) is 36.0 Å². The number of hydrogen-bond donors (Lipinski definition) is 3. The summed E-state index contributed by atoms with van der Waals surface area (Å²) in [4.78, 5) is 24.9. The highest BCUT2D eigenvalue weighted by Gasteiger charge is 2.28. The summed E-state index contributed by atoms with van der Waals surface area (Å²) in [5, 5.41) is 18.5. The molecule has 0 atom stereocenters. The van der Waals surface area contributed by atoms with Crippen LogP contribution in [0.2, 0.25) is 0 Å². The highest BCUT2D eigenvalue weighted by atomic mass is 16.2. The molecule has 0 unspecified atom stereocenters. The van der Waals surface area contributed by atoms with Crippen LogP contribution in [-0.4, -0.2) is 27.0 Å². The molecule has 3 amide bonds. The van der Waals surface area contributed by atoms with E-state index in [2.05, 4.69) is 15.5 Å². The van der Waals surface area contributed by atoms with Crippen LogP contribution < -0.4 is 11.1 Å². The molecule has 2 aromatic rings. The number of nitrogens with zero attached hydrogens (tertiary/aromatic N) is 3. The van der Waals surface area contributed by atoms with Crippen LogP contribution in [-0.2, 0) is 13.1 Å². The van der Waals surface area contributed by atoms with Crippen LogP contribution in [0.1, 0.15) is 27.2 Å². The Morgan fingerprint density at radius 1 is 1.36 bits per heavy atom. The van der Waals surface area contributed by atoms with Crippen molar-refractivity contribution in [2.45, 2.75) is 13.1 Å². The van der Waals surface area contributed by atoms with Crippen LogP contribution in [0.15, 0.2) is 24.3 Å². The predicted octanol–water partition coefficient (Wildman–Crippen LogP) is 0.928. The van der Waals surface area contributed by atoms with Crippen molar-refractivity contribution in [2.24, 2.45) is 5.73 Å². The van der Waals surface area contributed by atoms with Gasteiger partial charge in [-0.2, -0.15) is 10.4 Å². The van der Waals surface area contributed by atoms with Gasteiger partial charge >= 0.3 is 6.03 Å². The van der Waals surface area contributed by atoms with Gasteiger partial charge in [-0.15, -0.1) is 0 Å². The lowest BCUT2D eigenvalue weighted by Gasteiger charge is -2.12. The molecule has 3 rings (SSSR count). The smallest absolute Gasteiger partial charge is 0.315 e. The molecule has 1 aliphatic heterocycles. The molecular formula is C14H12N6O2. The Morgan fingerprint density at radius 3 is 2.86 bits per heavy atom. The molecule has 1 aromatic heterocycles. The van der Waals surface area contributed by atoms with Gasteiger partial charge in [0.15, 0.2) is 0 Å². The first-order valence-electron chi connectivity index (χ1n) is 6.51. The first-order chi connectivity index (χ1) is 10.6. The topological polar surface area (TPSA) is 128 Å². The maximum Gasteiger partial charge on any atom is 0.315 e. The summed E-state index contributed by atoms with van der Waals surface area (Å²) in [7, 11) is 0. The van der Waals surface area contributed by atoms with Gasteiger partial charge in [-0.05, 0) is 12.1 Å². The maximum absolute atomic E-state index is 12.3. The van der Waals surface area contributed by atoms with E-state index < -0.39 is 11.9 Å². The summed E-state index contributed by atoms with van der Waals surface area (Å²) < 4.78 is 0. The zero-order chi connectivity index (χ0) is 15.7. The molecule has 2 heterocycles. The van der Waals surface area contributed by atoms with Crippen molar-refractivity contribution >= 4 is 17.8 Å². The number of carbonyl (C=O) groups excluding carboxylic acids is 2. The fourth-order valence-electron chi connectivity index (χ4n) is 2.35. The molecule has 0 saturated heterocycles. The Hall–Kier alpha value is -3.34. The quantitative estimate of drug-likeness (QED) is 0.761. The zero-order valence-corrected chi connectivity index (χ0v) is 11.5. The Kier molecular flexibility index (Phi) is 3.23. The summed E-state index contributed by atoms with van der Waals surface area (Å²) in [5.74, 6) is -0.00221. The summed E-state index contributed by atoms with van der Waals surface area (Å²) in [5.41, 5.74) is 7.20. The minimum Gasteiger partial charge on any atom is -0.351 e. The number of benzene rings is 1. The van der Waals surface area contributed by atoms with E-state index in [0.29, 0.717) is 18.1 Å². The molecule has 0 saturated carbocycles. The highest BCUT2D eigenvalue weighted by Crippen LogP contribution is 2.27. The number of fused-ring (bicyclic) bond motifs is 1. The molecule has 0 fully saturated rings. The minimum absolute atomic E-state index is 0.276. The Bertz CT molecular complexity index is 804. The molecule has 0 aliphatic carbocycles. The number of aromatic nitrogens is 2. The number of primary amides is 1. The molecule has 22 heavy (non-hydrogen) atoms. The predicted molar refractivity (Wildman–Crippen MR) is 76.5 cm³/mol. The summed E-state index contributed by atoms with van der Waals surface area (Å²) in [6, 6.07) is 7.95. The number of rotatable bonds is 2. The summed E-state index contributed by atoms with van der Waals surface area (Å²) in [6.45, 7) is 0.600. The van der Waals surface area contributed by atoms with Crippen molar-refractivity contribution in [1.29, 1.82) is 5.26 Å². The first kappa shape index (κ1) is 13.6. The van der Waals surface area contributed by atoms with E-state index in [1.165, 1.54) is 4.90 Å². The van der Waals surface area contributed by atoms with Gasteiger partial charge in [-0.3, -0.25) is 9.89 Å². The minimum atomic E-state index is -0.537. The lowest BCUT2D eigenvalue weighted by molar-refractivity contribution is 0.102. The van der Waals surface area contributed by atoms with E-state index in [0.717, 1.165) is 5.56 Å². The van der Waals surface area contributed by atoms with E-state index in [4.69, 9.17) is 11.0 Å². The molecule has 8 heteroatoms. The third kappa shape index (κ3) is 2.25. The molecule has 110 valence electrons. The van der Waals surface area contributed by atoms with Gasteiger partial charge in [-0.25, -0.2) is 4.79 Å². The van der Waals surface area contributed by atoms with Crippen LogP contribution in [0.25, 0.3) is 0 Å². The fourth-order valence-corrected chi connectivity index (χ4v) is 2.35. The molecule has 0 spiro atoms. The molecule has 0 bridgehead atoms. The summed E-state index contributed by atoms with van der Waals surface area (Å²) >= 11 is 0. The lowest BCUT2D eigenvalue weighted by Crippen LogP contribution is -2.31. The SMILES string of the molecule is N#Cc1ccccc1C(=O)Nc1[nH]nc2c1CN(C(N)=O)C2. The van der Waals surface area contributed by atoms with Crippen LogP contribution in [0.3, 0.4) is 0 Å². The van der Waals surface area contributed by atoms with E-state index in [-0.39, 0.29) is 17.7 Å². The van der Waals surface area contributed by atoms with Gasteiger partial charge in [-0.1, -0.05) is 12.1 Å². The number of H-pyrrole nitrogens is 1. The lowest BCUT2D eigenvalue weighted by atomic mass is 10.1. The van der Waals surface area contributed by atoms with E-state index >= 15 is 0 Å². The second kappa shape index (κ2) is 5.21. The van der Waals surface area contributed by atoms with Crippen molar-refractivity contribution in [3.8, 4) is 6.07 Å². The number of nitrogens with one attached hydrogen (secondary N) is 2. The zero-order valence-electron chi connectivity index (χ0n) is 11.5. The molecule has 1 aliphatic rings. The third-order valence-corrected chi connectivity index (χ3v) is 3.48. The van der Waals surface area contributed by atoms with Gasteiger partial charge in [0.1, 0.15) is 5.82 Å². The number of amides is 3. The maximum atomic E-state index is 12.3. The molecular weight excluding hydrogens is 284 g/mol. The van der Waals surface area contributed by atoms with Crippen molar-refractivity contribution in [1.82, 2.24) is 15.1 Å². The van der Waals surface area contributed by atoms with Crippen LogP contribution >= 0.6 is 0 Å². The molecule has 0 radical (unpaired) electrons. The highest BCUT2D eigenvalue weighted by molar-refractivity contribution is 6.05. The first-order valence-corrected chi connectivity index (χ1v) is 6.51. The number of carbonyl (C=O) groups is 2. The average molecular weight is 296 g/mol. The van der Waals surface area contributed by atoms with E-state index in [9.17, 15) is 9.59 Å². The number of nitriles is 1. The van der Waals surface area contributed by atoms with Crippen LogP contribution in [0.5, 0.6) is 0 Å². The number of anilines is 1. The molecule has 8 nitrogen and oxygen atoms in total. The largest absolute Gasteiger partial charge is 0.351 e. The van der Waals surface area contributed by atoms with Gasteiger partial charge in [0, 0.05) is 5.56 Å². The Labute approximate surface area is 125 Å². The average Bonchev–Trinajstić information content (AvgIpc) is 3.09. The Morgan fingerprint density at radius 2 is 2.14 bits per heavy atom. The monoisotopic (exact) mass is 296 g/mol. The van der Waals surface area contributed by atoms with Gasteiger partial charge in [0.25, 0.3) is 5.91 Å². The van der Waals surface area contributed by atoms with E-state index in [1.54, 1.807) is 24.3 Å². The normalized spacial score (nSPS) is 12.6. The molecule has 4 N–H and O–H groups in total. The standard InChI is InChI=1S/C14H12N6O2/c15-5-8-3-1-2-4-9(8)13(21)17-12-10-6-20(14(16)22)7-11(10)18-19-12/h1-4H,6-7H2,(H2,16,22)(H2,17,18,19,21). The summed E-state index contributed by atoms with van der Waals surface area (Å²) in [6.07, 6.45) is 0. The van der Waals surface area contributed by atoms with Crippen molar-refractivity contribution < 1.29 is 9.59 Å². The number of urea groups is 1.